The molecule has 2 N–H and O–H groups in total. The second kappa shape index (κ2) is 11.5. The Balaban J connectivity index is 1.83. The van der Waals surface area contributed by atoms with Gasteiger partial charge in [-0.1, -0.05) is 12.1 Å². The van der Waals surface area contributed by atoms with E-state index in [2.05, 4.69) is 25.3 Å². The minimum Gasteiger partial charge on any atom is -0.477 e. The molecule has 8 nitrogen and oxygen atoms in total. The predicted molar refractivity (Wildman–Crippen MR) is 121 cm³/mol. The molecular weight excluding hydrogens is 491 g/mol. The fraction of sp³-hybridized carbons (Fsp3) is 0.261. The highest BCUT2D eigenvalue weighted by Gasteiger charge is 2.41. The molecule has 2 aromatic carbocycles. The van der Waals surface area contributed by atoms with Crippen molar-refractivity contribution in [3.8, 4) is 28.9 Å². The molecule has 3 rings (SSSR count). The number of carbonyl (C=O) groups is 1. The third kappa shape index (κ3) is 6.93. The zero-order valence-electron chi connectivity index (χ0n) is 19.0. The largest absolute Gasteiger partial charge is 0.477 e. The molecule has 0 aliphatic heterocycles. The molecule has 3 aromatic rings. The Morgan fingerprint density at radius 2 is 1.50 bits per heavy atom. The zero-order valence-corrected chi connectivity index (χ0v) is 19.0. The third-order valence-electron chi connectivity index (χ3n) is 4.40. The highest BCUT2D eigenvalue weighted by atomic mass is 19.4. The van der Waals surface area contributed by atoms with Crippen LogP contribution in [0, 0.1) is 0 Å². The van der Waals surface area contributed by atoms with E-state index in [-0.39, 0.29) is 36.0 Å². The van der Waals surface area contributed by atoms with Crippen molar-refractivity contribution in [2.75, 3.05) is 23.8 Å². The minimum atomic E-state index is -4.81. The molecule has 0 bridgehead atoms. The van der Waals surface area contributed by atoms with Crippen LogP contribution in [0.3, 0.4) is 0 Å². The van der Waals surface area contributed by atoms with E-state index < -0.39 is 36.1 Å². The Bertz CT molecular complexity index is 1160. The van der Waals surface area contributed by atoms with Gasteiger partial charge < -0.3 is 24.8 Å². The minimum absolute atomic E-state index is 0.0674. The maximum Gasteiger partial charge on any atom is 0.426 e. The van der Waals surface area contributed by atoms with Crippen LogP contribution >= 0.6 is 0 Å². The summed E-state index contributed by atoms with van der Waals surface area (Å²) in [5.74, 6) is -1.52. The summed E-state index contributed by atoms with van der Waals surface area (Å²) in [5, 5.41) is 5.08. The summed E-state index contributed by atoms with van der Waals surface area (Å²) < 4.78 is 79.8. The molecule has 0 saturated heterocycles. The molecule has 1 aromatic heterocycles. The van der Waals surface area contributed by atoms with Gasteiger partial charge in [0.05, 0.1) is 13.2 Å². The van der Waals surface area contributed by atoms with Crippen molar-refractivity contribution >= 4 is 17.4 Å². The monoisotopic (exact) mass is 512 g/mol. The summed E-state index contributed by atoms with van der Waals surface area (Å²) in [6, 6.07) is 10.7. The van der Waals surface area contributed by atoms with Gasteiger partial charge in [0, 0.05) is 16.9 Å². The Kier molecular flexibility index (Phi) is 8.46. The number of amides is 2. The van der Waals surface area contributed by atoms with E-state index in [1.54, 1.807) is 18.2 Å². The summed E-state index contributed by atoms with van der Waals surface area (Å²) in [7, 11) is 0. The number of aromatic nitrogens is 2. The average molecular weight is 512 g/mol. The van der Waals surface area contributed by atoms with E-state index in [1.165, 1.54) is 44.2 Å². The molecule has 0 saturated carbocycles. The first kappa shape index (κ1) is 26.4. The number of carbonyl (C=O) groups excluding carboxylic acids is 1. The summed E-state index contributed by atoms with van der Waals surface area (Å²) in [6.07, 6.45) is -4.81. The van der Waals surface area contributed by atoms with E-state index in [0.717, 1.165) is 0 Å². The lowest BCUT2D eigenvalue weighted by Crippen LogP contribution is -2.19. The quantitative estimate of drug-likeness (QED) is 0.331. The normalized spacial score (nSPS) is 11.2. The van der Waals surface area contributed by atoms with Gasteiger partial charge in [-0.25, -0.2) is 4.79 Å². The SMILES string of the molecule is CCOc1nc(-c2cccc(NC(=O)Nc3ccc(OC(F)F)cc3)c2)nc(OCC)c1C(F)(F)F. The highest BCUT2D eigenvalue weighted by molar-refractivity contribution is 6.00. The number of ether oxygens (including phenoxy) is 3. The van der Waals surface area contributed by atoms with Gasteiger partial charge in [0.2, 0.25) is 11.8 Å². The fourth-order valence-corrected chi connectivity index (χ4v) is 3.02. The molecular formula is C23H21F5N4O4. The average Bonchev–Trinajstić information content (AvgIpc) is 2.79. The second-order valence-electron chi connectivity index (χ2n) is 6.96. The predicted octanol–water partition coefficient (Wildman–Crippen LogP) is 6.21. The van der Waals surface area contributed by atoms with Gasteiger partial charge in [-0.15, -0.1) is 0 Å². The van der Waals surface area contributed by atoms with Gasteiger partial charge in [0.25, 0.3) is 0 Å². The van der Waals surface area contributed by atoms with Crippen LogP contribution in [-0.2, 0) is 6.18 Å². The molecule has 0 unspecified atom stereocenters. The zero-order chi connectivity index (χ0) is 26.3. The smallest absolute Gasteiger partial charge is 0.426 e. The molecule has 0 aliphatic rings. The Morgan fingerprint density at radius 1 is 0.917 bits per heavy atom. The number of anilines is 2. The van der Waals surface area contributed by atoms with Crippen molar-refractivity contribution in [2.45, 2.75) is 26.6 Å². The number of halogens is 5. The van der Waals surface area contributed by atoms with Crippen LogP contribution < -0.4 is 24.8 Å². The lowest BCUT2D eigenvalue weighted by atomic mass is 10.1. The Labute approximate surface area is 202 Å². The fourth-order valence-electron chi connectivity index (χ4n) is 3.02. The van der Waals surface area contributed by atoms with Crippen LogP contribution in [0.25, 0.3) is 11.4 Å². The Hall–Kier alpha value is -4.16. The van der Waals surface area contributed by atoms with Gasteiger partial charge in [-0.3, -0.25) is 0 Å². The lowest BCUT2D eigenvalue weighted by Gasteiger charge is -2.17. The molecule has 36 heavy (non-hydrogen) atoms. The van der Waals surface area contributed by atoms with Gasteiger partial charge in [-0.2, -0.15) is 31.9 Å². The highest BCUT2D eigenvalue weighted by Crippen LogP contribution is 2.42. The molecule has 2 amide bonds. The van der Waals surface area contributed by atoms with E-state index in [4.69, 9.17) is 9.47 Å². The first-order valence-electron chi connectivity index (χ1n) is 10.6. The van der Waals surface area contributed by atoms with Crippen molar-refractivity contribution < 1.29 is 41.0 Å². The lowest BCUT2D eigenvalue weighted by molar-refractivity contribution is -0.141. The number of nitrogens with zero attached hydrogens (tertiary/aromatic N) is 2. The van der Waals surface area contributed by atoms with Crippen LogP contribution in [-0.4, -0.2) is 35.8 Å². The molecule has 0 spiro atoms. The van der Waals surface area contributed by atoms with Gasteiger partial charge in [0.1, 0.15) is 5.75 Å². The summed E-state index contributed by atoms with van der Waals surface area (Å²) in [5.41, 5.74) is -0.341. The number of urea groups is 1. The Morgan fingerprint density at radius 3 is 2.03 bits per heavy atom. The second-order valence-corrected chi connectivity index (χ2v) is 6.96. The van der Waals surface area contributed by atoms with Crippen LogP contribution in [0.2, 0.25) is 0 Å². The number of rotatable bonds is 9. The van der Waals surface area contributed by atoms with E-state index >= 15 is 0 Å². The molecule has 192 valence electrons. The first-order valence-corrected chi connectivity index (χ1v) is 10.6. The maximum absolute atomic E-state index is 13.6. The molecule has 0 aliphatic carbocycles. The molecule has 0 atom stereocenters. The van der Waals surface area contributed by atoms with Crippen LogP contribution in [0.4, 0.5) is 38.1 Å². The van der Waals surface area contributed by atoms with Gasteiger partial charge in [-0.05, 0) is 50.2 Å². The number of alkyl halides is 5. The van der Waals surface area contributed by atoms with Crippen LogP contribution in [0.1, 0.15) is 19.4 Å². The van der Waals surface area contributed by atoms with Crippen LogP contribution in [0.15, 0.2) is 48.5 Å². The van der Waals surface area contributed by atoms with Crippen molar-refractivity contribution in [3.05, 3.63) is 54.1 Å². The van der Waals surface area contributed by atoms with Crippen LogP contribution in [0.5, 0.6) is 17.5 Å². The third-order valence-corrected chi connectivity index (χ3v) is 4.40. The summed E-state index contributed by atoms with van der Waals surface area (Å²) in [4.78, 5) is 20.2. The number of benzene rings is 2. The maximum atomic E-state index is 13.6. The van der Waals surface area contributed by atoms with Crippen molar-refractivity contribution in [1.82, 2.24) is 9.97 Å². The van der Waals surface area contributed by atoms with Crippen molar-refractivity contribution in [3.63, 3.8) is 0 Å². The number of nitrogens with one attached hydrogen (secondary N) is 2. The summed E-state index contributed by atoms with van der Waals surface area (Å²) in [6.45, 7) is -0.0675. The van der Waals surface area contributed by atoms with Gasteiger partial charge in [0.15, 0.2) is 11.4 Å². The van der Waals surface area contributed by atoms with Gasteiger partial charge >= 0.3 is 18.8 Å². The molecule has 1 heterocycles. The molecule has 13 heteroatoms. The van der Waals surface area contributed by atoms with E-state index in [9.17, 15) is 26.7 Å². The van der Waals surface area contributed by atoms with E-state index in [0.29, 0.717) is 5.69 Å². The summed E-state index contributed by atoms with van der Waals surface area (Å²) >= 11 is 0. The number of hydrogen-bond acceptors (Lipinski definition) is 6. The molecule has 0 radical (unpaired) electrons. The van der Waals surface area contributed by atoms with E-state index in [1.807, 2.05) is 0 Å². The topological polar surface area (TPSA) is 94.6 Å². The van der Waals surface area contributed by atoms with Crippen molar-refractivity contribution in [2.24, 2.45) is 0 Å². The standard InChI is InChI=1S/C23H21F5N4O4/c1-3-34-19-17(23(26,27)28)20(35-4-2)32-18(31-19)13-6-5-7-15(12-13)30-22(33)29-14-8-10-16(11-9-14)36-21(24)25/h5-12,21H,3-4H2,1-2H3,(H2,29,30,33). The first-order chi connectivity index (χ1) is 17.1. The van der Waals surface area contributed by atoms with Crippen molar-refractivity contribution in [1.29, 1.82) is 0 Å². The number of hydrogen-bond donors (Lipinski definition) is 2. The molecule has 0 fully saturated rings.